The molecule has 2 N–H and O–H groups in total. The van der Waals surface area contributed by atoms with Crippen LogP contribution < -0.4 is 20.1 Å². The molecule has 0 aliphatic carbocycles. The Morgan fingerprint density at radius 3 is 2.48 bits per heavy atom. The lowest BCUT2D eigenvalue weighted by atomic mass is 10.1. The number of aromatic nitrogens is 1. The van der Waals surface area contributed by atoms with Crippen LogP contribution >= 0.6 is 11.3 Å². The standard InChI is InChI=1S/C21H19F2N3O4S/c1-3-29-18-10-14(6-9-17(18)30-20(22)23)19(28)26-21-25-16(11-31-21)13-4-7-15(8-5-13)24-12(2)27/h4-11,20H,3H2,1-2H3,(H,24,27)(H,25,26,28). The molecule has 7 nitrogen and oxygen atoms in total. The van der Waals surface area contributed by atoms with Crippen molar-refractivity contribution in [1.82, 2.24) is 4.98 Å². The minimum Gasteiger partial charge on any atom is -0.490 e. The Morgan fingerprint density at radius 1 is 1.10 bits per heavy atom. The number of nitrogens with one attached hydrogen (secondary N) is 2. The highest BCUT2D eigenvalue weighted by atomic mass is 32.1. The molecule has 0 spiro atoms. The molecule has 0 aliphatic rings. The molecule has 0 atom stereocenters. The molecule has 0 radical (unpaired) electrons. The first kappa shape index (κ1) is 22.2. The van der Waals surface area contributed by atoms with Gasteiger partial charge in [0.25, 0.3) is 5.91 Å². The normalized spacial score (nSPS) is 10.6. The number of benzene rings is 2. The van der Waals surface area contributed by atoms with Gasteiger partial charge in [0.1, 0.15) is 0 Å². The summed E-state index contributed by atoms with van der Waals surface area (Å²) >= 11 is 1.24. The van der Waals surface area contributed by atoms with Crippen molar-refractivity contribution in [2.45, 2.75) is 20.5 Å². The second-order valence-corrected chi connectivity index (χ2v) is 7.08. The van der Waals surface area contributed by atoms with Crippen molar-refractivity contribution < 1.29 is 27.8 Å². The Morgan fingerprint density at radius 2 is 1.84 bits per heavy atom. The summed E-state index contributed by atoms with van der Waals surface area (Å²) in [6.07, 6.45) is 0. The molecule has 162 valence electrons. The van der Waals surface area contributed by atoms with Gasteiger partial charge in [-0.2, -0.15) is 8.78 Å². The Bertz CT molecular complexity index is 1070. The average Bonchev–Trinajstić information content (AvgIpc) is 3.17. The number of carbonyl (C=O) groups excluding carboxylic acids is 2. The van der Waals surface area contributed by atoms with Crippen molar-refractivity contribution in [2.24, 2.45) is 0 Å². The third-order valence-electron chi connectivity index (χ3n) is 3.95. The number of anilines is 2. The maximum absolute atomic E-state index is 12.6. The number of amides is 2. The lowest BCUT2D eigenvalue weighted by molar-refractivity contribution is -0.114. The molecule has 3 rings (SSSR count). The van der Waals surface area contributed by atoms with Crippen LogP contribution in [0.5, 0.6) is 11.5 Å². The molecule has 1 heterocycles. The van der Waals surface area contributed by atoms with Crippen LogP contribution in [-0.4, -0.2) is 30.0 Å². The lowest BCUT2D eigenvalue weighted by Crippen LogP contribution is -2.12. The average molecular weight is 447 g/mol. The van der Waals surface area contributed by atoms with Crippen LogP contribution in [0.3, 0.4) is 0 Å². The largest absolute Gasteiger partial charge is 0.490 e. The SMILES string of the molecule is CCOc1cc(C(=O)Nc2nc(-c3ccc(NC(C)=O)cc3)cs2)ccc1OC(F)F. The van der Waals surface area contributed by atoms with Gasteiger partial charge in [-0.1, -0.05) is 12.1 Å². The van der Waals surface area contributed by atoms with Crippen LogP contribution in [0.25, 0.3) is 11.3 Å². The minimum absolute atomic E-state index is 0.0505. The van der Waals surface area contributed by atoms with E-state index in [-0.39, 0.29) is 29.6 Å². The molecule has 2 aromatic carbocycles. The Hall–Kier alpha value is -3.53. The van der Waals surface area contributed by atoms with Gasteiger partial charge in [-0.3, -0.25) is 14.9 Å². The molecule has 0 saturated carbocycles. The molecular formula is C21H19F2N3O4S. The first-order valence-electron chi connectivity index (χ1n) is 9.22. The third-order valence-corrected chi connectivity index (χ3v) is 4.71. The van der Waals surface area contributed by atoms with Gasteiger partial charge < -0.3 is 14.8 Å². The lowest BCUT2D eigenvalue weighted by Gasteiger charge is -2.12. The molecule has 3 aromatic rings. The van der Waals surface area contributed by atoms with E-state index < -0.39 is 12.5 Å². The number of nitrogens with zero attached hydrogens (tertiary/aromatic N) is 1. The van der Waals surface area contributed by atoms with E-state index in [0.29, 0.717) is 16.5 Å². The van der Waals surface area contributed by atoms with Crippen molar-refractivity contribution in [2.75, 3.05) is 17.2 Å². The maximum Gasteiger partial charge on any atom is 0.387 e. The zero-order valence-electron chi connectivity index (χ0n) is 16.6. The van der Waals surface area contributed by atoms with E-state index in [1.54, 1.807) is 24.4 Å². The fraction of sp³-hybridized carbons (Fsp3) is 0.190. The predicted octanol–water partition coefficient (Wildman–Crippen LogP) is 5.02. The summed E-state index contributed by atoms with van der Waals surface area (Å²) in [5, 5.41) is 7.53. The first-order chi connectivity index (χ1) is 14.9. The number of alkyl halides is 2. The molecule has 2 amide bonds. The molecule has 31 heavy (non-hydrogen) atoms. The van der Waals surface area contributed by atoms with Crippen LogP contribution in [0.15, 0.2) is 47.8 Å². The quantitative estimate of drug-likeness (QED) is 0.506. The summed E-state index contributed by atoms with van der Waals surface area (Å²) in [5.41, 5.74) is 2.36. The number of hydrogen-bond acceptors (Lipinski definition) is 6. The van der Waals surface area contributed by atoms with Crippen molar-refractivity contribution in [3.8, 4) is 22.8 Å². The number of thiazole rings is 1. The van der Waals surface area contributed by atoms with E-state index in [2.05, 4.69) is 20.4 Å². The van der Waals surface area contributed by atoms with Gasteiger partial charge in [-0.25, -0.2) is 4.98 Å². The van der Waals surface area contributed by atoms with E-state index >= 15 is 0 Å². The van der Waals surface area contributed by atoms with Crippen molar-refractivity contribution in [3.63, 3.8) is 0 Å². The highest BCUT2D eigenvalue weighted by Crippen LogP contribution is 2.31. The summed E-state index contributed by atoms with van der Waals surface area (Å²) in [6.45, 7) is 0.347. The Balaban J connectivity index is 1.72. The minimum atomic E-state index is -3.00. The summed E-state index contributed by atoms with van der Waals surface area (Å²) in [6, 6.07) is 11.1. The highest BCUT2D eigenvalue weighted by Gasteiger charge is 2.16. The number of carbonyl (C=O) groups is 2. The van der Waals surface area contributed by atoms with Crippen molar-refractivity contribution >= 4 is 34.0 Å². The molecular weight excluding hydrogens is 428 g/mol. The number of halogens is 2. The fourth-order valence-corrected chi connectivity index (χ4v) is 3.39. The predicted molar refractivity (Wildman–Crippen MR) is 114 cm³/mol. The third kappa shape index (κ3) is 5.98. The second-order valence-electron chi connectivity index (χ2n) is 6.22. The van der Waals surface area contributed by atoms with Gasteiger partial charge in [0, 0.05) is 29.1 Å². The highest BCUT2D eigenvalue weighted by molar-refractivity contribution is 7.14. The zero-order chi connectivity index (χ0) is 22.4. The van der Waals surface area contributed by atoms with Gasteiger partial charge in [-0.05, 0) is 37.3 Å². The molecule has 1 aromatic heterocycles. The van der Waals surface area contributed by atoms with Gasteiger partial charge in [0.2, 0.25) is 5.91 Å². The summed E-state index contributed by atoms with van der Waals surface area (Å²) in [5.74, 6) is -0.721. The Labute approximate surface area is 181 Å². The number of ether oxygens (including phenoxy) is 2. The topological polar surface area (TPSA) is 89.5 Å². The monoisotopic (exact) mass is 447 g/mol. The van der Waals surface area contributed by atoms with Gasteiger partial charge in [-0.15, -0.1) is 11.3 Å². The number of rotatable bonds is 8. The Kier molecular flexibility index (Phi) is 7.14. The van der Waals surface area contributed by atoms with E-state index in [1.165, 1.54) is 36.5 Å². The summed E-state index contributed by atoms with van der Waals surface area (Å²) < 4.78 is 34.8. The molecule has 0 aliphatic heterocycles. The van der Waals surface area contributed by atoms with E-state index in [0.717, 1.165) is 5.56 Å². The van der Waals surface area contributed by atoms with Crippen LogP contribution in [0.2, 0.25) is 0 Å². The molecule has 0 fully saturated rings. The first-order valence-corrected chi connectivity index (χ1v) is 10.1. The second kappa shape index (κ2) is 9.98. The van der Waals surface area contributed by atoms with Crippen LogP contribution in [0, 0.1) is 0 Å². The zero-order valence-corrected chi connectivity index (χ0v) is 17.5. The number of hydrogen-bond donors (Lipinski definition) is 2. The van der Waals surface area contributed by atoms with Gasteiger partial charge >= 0.3 is 6.61 Å². The van der Waals surface area contributed by atoms with Crippen LogP contribution in [-0.2, 0) is 4.79 Å². The fourth-order valence-electron chi connectivity index (χ4n) is 2.67. The maximum atomic E-state index is 12.6. The van der Waals surface area contributed by atoms with E-state index in [9.17, 15) is 18.4 Å². The summed E-state index contributed by atoms with van der Waals surface area (Å²) in [4.78, 5) is 28.1. The molecule has 0 saturated heterocycles. The van der Waals surface area contributed by atoms with E-state index in [4.69, 9.17) is 4.74 Å². The molecule has 10 heteroatoms. The smallest absolute Gasteiger partial charge is 0.387 e. The summed E-state index contributed by atoms with van der Waals surface area (Å²) in [7, 11) is 0. The van der Waals surface area contributed by atoms with Gasteiger partial charge in [0.05, 0.1) is 12.3 Å². The van der Waals surface area contributed by atoms with Crippen LogP contribution in [0.4, 0.5) is 19.6 Å². The van der Waals surface area contributed by atoms with E-state index in [1.807, 2.05) is 12.1 Å². The molecule has 0 bridgehead atoms. The van der Waals surface area contributed by atoms with Crippen molar-refractivity contribution in [3.05, 3.63) is 53.4 Å². The van der Waals surface area contributed by atoms with Crippen molar-refractivity contribution in [1.29, 1.82) is 0 Å². The molecule has 0 unspecified atom stereocenters. The van der Waals surface area contributed by atoms with Gasteiger partial charge in [0.15, 0.2) is 16.6 Å². The van der Waals surface area contributed by atoms with Crippen LogP contribution in [0.1, 0.15) is 24.2 Å².